The summed E-state index contributed by atoms with van der Waals surface area (Å²) in [4.78, 5) is 24.5. The minimum atomic E-state index is -0.384. The number of nitrogens with one attached hydrogen (secondary N) is 3. The quantitative estimate of drug-likeness (QED) is 0.342. The second kappa shape index (κ2) is 12.6. The van der Waals surface area contributed by atoms with E-state index >= 15 is 0 Å². The number of ether oxygens (including phenoxy) is 2. The third-order valence-corrected chi connectivity index (χ3v) is 6.74. The van der Waals surface area contributed by atoms with E-state index in [-0.39, 0.29) is 11.5 Å². The van der Waals surface area contributed by atoms with Crippen LogP contribution in [0.1, 0.15) is 44.4 Å². The first-order chi connectivity index (χ1) is 18.0. The van der Waals surface area contributed by atoms with Crippen molar-refractivity contribution in [1.29, 1.82) is 5.41 Å². The first kappa shape index (κ1) is 26.5. The second-order valence-electron chi connectivity index (χ2n) is 9.27. The molecule has 2 aromatic heterocycles. The van der Waals surface area contributed by atoms with Crippen molar-refractivity contribution in [2.24, 2.45) is 0 Å². The van der Waals surface area contributed by atoms with Gasteiger partial charge in [-0.25, -0.2) is 4.98 Å². The Morgan fingerprint density at radius 2 is 2.05 bits per heavy atom. The number of carbonyl (C=O) groups is 1. The van der Waals surface area contributed by atoms with Crippen molar-refractivity contribution in [3.8, 4) is 5.75 Å². The zero-order valence-electron chi connectivity index (χ0n) is 21.8. The molecule has 1 unspecified atom stereocenters. The highest BCUT2D eigenvalue weighted by molar-refractivity contribution is 6.17. The number of anilines is 2. The molecule has 3 heterocycles. The molecule has 4 rings (SSSR count). The van der Waals surface area contributed by atoms with Crippen LogP contribution in [0.25, 0.3) is 5.57 Å². The summed E-state index contributed by atoms with van der Waals surface area (Å²) in [5.74, 6) is 0.851. The summed E-state index contributed by atoms with van der Waals surface area (Å²) < 4.78 is 10.9. The molecule has 1 aliphatic heterocycles. The molecule has 1 amide bonds. The number of amides is 1. The maximum absolute atomic E-state index is 12.9. The van der Waals surface area contributed by atoms with Gasteiger partial charge in [0.15, 0.2) is 0 Å². The van der Waals surface area contributed by atoms with Crippen LogP contribution in [0.5, 0.6) is 5.75 Å². The number of hydrogen-bond donors (Lipinski definition) is 3. The van der Waals surface area contributed by atoms with Gasteiger partial charge in [-0.3, -0.25) is 14.7 Å². The number of rotatable bonds is 9. The van der Waals surface area contributed by atoms with Crippen LogP contribution < -0.4 is 15.4 Å². The number of hydrogen-bond acceptors (Lipinski definition) is 8. The van der Waals surface area contributed by atoms with Gasteiger partial charge in [-0.05, 0) is 69.4 Å². The summed E-state index contributed by atoms with van der Waals surface area (Å²) >= 11 is 0. The molecular formula is C28H36N6O3. The molecule has 3 N–H and O–H groups in total. The van der Waals surface area contributed by atoms with Crippen molar-refractivity contribution in [3.63, 3.8) is 0 Å². The Labute approximate surface area is 218 Å². The molecule has 0 saturated carbocycles. The zero-order chi connectivity index (χ0) is 26.2. The van der Waals surface area contributed by atoms with Gasteiger partial charge in [0, 0.05) is 31.0 Å². The van der Waals surface area contributed by atoms with E-state index in [1.54, 1.807) is 31.5 Å². The molecule has 196 valence electrons. The van der Waals surface area contributed by atoms with E-state index in [1.165, 1.54) is 5.57 Å². The van der Waals surface area contributed by atoms with Crippen LogP contribution >= 0.6 is 0 Å². The van der Waals surface area contributed by atoms with Crippen molar-refractivity contribution >= 4 is 29.2 Å². The minimum Gasteiger partial charge on any atom is -0.492 e. The normalized spacial score (nSPS) is 18.9. The third-order valence-electron chi connectivity index (χ3n) is 6.74. The van der Waals surface area contributed by atoms with Crippen LogP contribution in [0, 0.1) is 12.3 Å². The fourth-order valence-corrected chi connectivity index (χ4v) is 4.80. The van der Waals surface area contributed by atoms with E-state index in [2.05, 4.69) is 31.6 Å². The lowest BCUT2D eigenvalue weighted by Crippen LogP contribution is -2.43. The van der Waals surface area contributed by atoms with E-state index in [1.807, 2.05) is 19.9 Å². The molecule has 0 radical (unpaired) electrons. The Morgan fingerprint density at radius 3 is 2.68 bits per heavy atom. The Bertz CT molecular complexity index is 1170. The number of allylic oxidation sites excluding steroid dienone is 2. The van der Waals surface area contributed by atoms with Crippen molar-refractivity contribution in [3.05, 3.63) is 59.2 Å². The summed E-state index contributed by atoms with van der Waals surface area (Å²) in [5.41, 5.74) is 4.60. The second-order valence-corrected chi connectivity index (χ2v) is 9.27. The molecule has 1 saturated heterocycles. The third kappa shape index (κ3) is 6.81. The van der Waals surface area contributed by atoms with Gasteiger partial charge in [0.2, 0.25) is 0 Å². The number of carbonyl (C=O) groups excluding carboxylic acids is 1. The molecule has 0 aromatic carbocycles. The molecular weight excluding hydrogens is 468 g/mol. The molecule has 9 nitrogen and oxygen atoms in total. The van der Waals surface area contributed by atoms with Crippen LogP contribution in [0.3, 0.4) is 0 Å². The molecule has 9 heteroatoms. The van der Waals surface area contributed by atoms with Crippen LogP contribution in [-0.2, 0) is 9.53 Å². The number of morpholine rings is 1. The number of nitrogens with zero attached hydrogens (tertiary/aromatic N) is 3. The van der Waals surface area contributed by atoms with E-state index in [0.29, 0.717) is 35.6 Å². The number of aryl methyl sites for hydroxylation is 1. The van der Waals surface area contributed by atoms with Crippen molar-refractivity contribution in [2.75, 3.05) is 43.5 Å². The van der Waals surface area contributed by atoms with Crippen LogP contribution in [0.2, 0.25) is 0 Å². The first-order valence-corrected chi connectivity index (χ1v) is 12.8. The molecule has 1 atom stereocenters. The Morgan fingerprint density at radius 1 is 1.24 bits per heavy atom. The van der Waals surface area contributed by atoms with Gasteiger partial charge in [0.25, 0.3) is 5.91 Å². The topological polar surface area (TPSA) is 112 Å². The van der Waals surface area contributed by atoms with Gasteiger partial charge in [0.1, 0.15) is 11.6 Å². The van der Waals surface area contributed by atoms with Gasteiger partial charge in [-0.2, -0.15) is 0 Å². The van der Waals surface area contributed by atoms with Gasteiger partial charge in [-0.15, -0.1) is 0 Å². The molecule has 2 aromatic rings. The minimum absolute atomic E-state index is 0.210. The van der Waals surface area contributed by atoms with Crippen LogP contribution in [0.4, 0.5) is 11.5 Å². The Balaban J connectivity index is 1.39. The van der Waals surface area contributed by atoms with Gasteiger partial charge in [0.05, 0.1) is 49.2 Å². The maximum atomic E-state index is 12.9. The molecule has 1 aliphatic carbocycles. The monoisotopic (exact) mass is 504 g/mol. The fraction of sp³-hybridized carbons (Fsp3) is 0.429. The summed E-state index contributed by atoms with van der Waals surface area (Å²) in [7, 11) is 0. The summed E-state index contributed by atoms with van der Waals surface area (Å²) in [5, 5.41) is 13.7. The fourth-order valence-electron chi connectivity index (χ4n) is 4.80. The molecule has 1 fully saturated rings. The van der Waals surface area contributed by atoms with Crippen molar-refractivity contribution < 1.29 is 14.3 Å². The highest BCUT2D eigenvalue weighted by Crippen LogP contribution is 2.31. The summed E-state index contributed by atoms with van der Waals surface area (Å²) in [6.07, 6.45) is 9.80. The molecule has 37 heavy (non-hydrogen) atoms. The smallest absolute Gasteiger partial charge is 0.259 e. The van der Waals surface area contributed by atoms with Gasteiger partial charge in [-0.1, -0.05) is 6.08 Å². The van der Waals surface area contributed by atoms with Crippen molar-refractivity contribution in [1.82, 2.24) is 14.9 Å². The molecule has 2 aliphatic rings. The largest absolute Gasteiger partial charge is 0.492 e. The molecule has 0 bridgehead atoms. The van der Waals surface area contributed by atoms with Crippen LogP contribution in [0.15, 0.2) is 47.9 Å². The zero-order valence-corrected chi connectivity index (χ0v) is 21.8. The standard InChI is InChI=1S/C28H36N6O3/c1-4-37-24-9-10-26(30-18-24)32-20(3)25(16-29)28(35)33-22-15-19(2)27(31-17-22)21-5-7-23(8-6-21)34-11-13-36-14-12-34/h5,9-10,15-18,23,29H,4,6-8,11-14H2,1-3H3,(H,30,32)(H,33,35)/b25-20+,29-16?. The Hall–Kier alpha value is -3.56. The van der Waals surface area contributed by atoms with E-state index in [9.17, 15) is 4.79 Å². The molecule has 0 spiro atoms. The van der Waals surface area contributed by atoms with E-state index in [4.69, 9.17) is 14.9 Å². The highest BCUT2D eigenvalue weighted by Gasteiger charge is 2.24. The predicted molar refractivity (Wildman–Crippen MR) is 146 cm³/mol. The van der Waals surface area contributed by atoms with Gasteiger partial charge >= 0.3 is 0 Å². The summed E-state index contributed by atoms with van der Waals surface area (Å²) in [6.45, 7) is 9.90. The first-order valence-electron chi connectivity index (χ1n) is 12.8. The summed E-state index contributed by atoms with van der Waals surface area (Å²) in [6, 6.07) is 6.08. The van der Waals surface area contributed by atoms with E-state index < -0.39 is 0 Å². The number of aromatic nitrogens is 2. The van der Waals surface area contributed by atoms with E-state index in [0.717, 1.165) is 63.0 Å². The Kier molecular flexibility index (Phi) is 9.03. The van der Waals surface area contributed by atoms with Gasteiger partial charge < -0.3 is 25.5 Å². The van der Waals surface area contributed by atoms with Crippen molar-refractivity contribution in [2.45, 2.75) is 46.1 Å². The average molecular weight is 505 g/mol. The van der Waals surface area contributed by atoms with Crippen LogP contribution in [-0.4, -0.2) is 65.9 Å². The lowest BCUT2D eigenvalue weighted by atomic mass is 9.90. The number of pyridine rings is 2. The lowest BCUT2D eigenvalue weighted by molar-refractivity contribution is -0.112. The highest BCUT2D eigenvalue weighted by atomic mass is 16.5. The maximum Gasteiger partial charge on any atom is 0.259 e. The SMILES string of the molecule is CCOc1ccc(N/C(C)=C(\C=N)C(=O)Nc2cnc(C3=CCC(N4CCOCC4)CC3)c(C)c2)nc1. The average Bonchev–Trinajstić information content (AvgIpc) is 2.91. The predicted octanol–water partition coefficient (Wildman–Crippen LogP) is 4.43. The lowest BCUT2D eigenvalue weighted by Gasteiger charge is -2.36.